The van der Waals surface area contributed by atoms with Crippen molar-refractivity contribution in [3.8, 4) is 0 Å². The Balaban J connectivity index is 0.000000720. The molecular weight excluding hydrogens is 174 g/mol. The molecule has 1 aliphatic carbocycles. The SMILES string of the molecule is Cl.NC1COC2(CCCCC2)C1. The van der Waals surface area contributed by atoms with E-state index in [2.05, 4.69) is 0 Å². The minimum absolute atomic E-state index is 0. The van der Waals surface area contributed by atoms with Gasteiger partial charge in [-0.3, -0.25) is 0 Å². The summed E-state index contributed by atoms with van der Waals surface area (Å²) in [5.74, 6) is 0. The zero-order chi connectivity index (χ0) is 7.73. The molecule has 0 aromatic carbocycles. The maximum absolute atomic E-state index is 5.82. The van der Waals surface area contributed by atoms with Crippen LogP contribution in [0.3, 0.4) is 0 Å². The highest BCUT2D eigenvalue weighted by atomic mass is 35.5. The van der Waals surface area contributed by atoms with Crippen LogP contribution in [0.1, 0.15) is 38.5 Å². The van der Waals surface area contributed by atoms with E-state index >= 15 is 0 Å². The summed E-state index contributed by atoms with van der Waals surface area (Å²) in [4.78, 5) is 0. The third-order valence-corrected chi connectivity index (χ3v) is 3.00. The molecule has 1 atom stereocenters. The molecule has 2 N–H and O–H groups in total. The van der Waals surface area contributed by atoms with Crippen LogP contribution >= 0.6 is 12.4 Å². The molecule has 3 heteroatoms. The van der Waals surface area contributed by atoms with Crippen LogP contribution < -0.4 is 5.73 Å². The fraction of sp³-hybridized carbons (Fsp3) is 1.00. The zero-order valence-corrected chi connectivity index (χ0v) is 8.24. The van der Waals surface area contributed by atoms with Crippen molar-refractivity contribution in [3.63, 3.8) is 0 Å². The highest BCUT2D eigenvalue weighted by Crippen LogP contribution is 2.38. The summed E-state index contributed by atoms with van der Waals surface area (Å²) in [5.41, 5.74) is 6.04. The molecule has 0 aromatic heterocycles. The van der Waals surface area contributed by atoms with Gasteiger partial charge in [0.2, 0.25) is 0 Å². The van der Waals surface area contributed by atoms with Crippen LogP contribution in [-0.2, 0) is 4.74 Å². The van der Waals surface area contributed by atoms with Crippen molar-refractivity contribution in [2.75, 3.05) is 6.61 Å². The van der Waals surface area contributed by atoms with Crippen LogP contribution in [0.25, 0.3) is 0 Å². The maximum atomic E-state index is 5.82. The van der Waals surface area contributed by atoms with Crippen LogP contribution in [0.2, 0.25) is 0 Å². The second kappa shape index (κ2) is 3.95. The lowest BCUT2D eigenvalue weighted by Gasteiger charge is -2.32. The van der Waals surface area contributed by atoms with Gasteiger partial charge in [-0.15, -0.1) is 12.4 Å². The fourth-order valence-corrected chi connectivity index (χ4v) is 2.42. The summed E-state index contributed by atoms with van der Waals surface area (Å²) in [7, 11) is 0. The normalized spacial score (nSPS) is 33.2. The number of nitrogens with two attached hydrogens (primary N) is 1. The van der Waals surface area contributed by atoms with Crippen molar-refractivity contribution in [3.05, 3.63) is 0 Å². The zero-order valence-electron chi connectivity index (χ0n) is 7.42. The number of ether oxygens (including phenoxy) is 1. The Morgan fingerprint density at radius 2 is 1.83 bits per heavy atom. The van der Waals surface area contributed by atoms with Gasteiger partial charge >= 0.3 is 0 Å². The second-order valence-corrected chi connectivity index (χ2v) is 4.02. The van der Waals surface area contributed by atoms with E-state index in [1.54, 1.807) is 0 Å². The van der Waals surface area contributed by atoms with Gasteiger partial charge in [0.05, 0.1) is 12.2 Å². The second-order valence-electron chi connectivity index (χ2n) is 4.02. The molecule has 0 aromatic rings. The lowest BCUT2D eigenvalue weighted by atomic mass is 9.82. The summed E-state index contributed by atoms with van der Waals surface area (Å²) in [6.07, 6.45) is 7.67. The van der Waals surface area contributed by atoms with Gasteiger partial charge < -0.3 is 10.5 Å². The summed E-state index contributed by atoms with van der Waals surface area (Å²) < 4.78 is 5.77. The summed E-state index contributed by atoms with van der Waals surface area (Å²) >= 11 is 0. The Hall–Kier alpha value is 0.210. The Bertz CT molecular complexity index is 140. The van der Waals surface area contributed by atoms with Crippen LogP contribution in [0.5, 0.6) is 0 Å². The van der Waals surface area contributed by atoms with Gasteiger partial charge in [-0.25, -0.2) is 0 Å². The molecular formula is C9H18ClNO. The molecule has 72 valence electrons. The molecule has 1 aliphatic heterocycles. The Kier molecular flexibility index (Phi) is 3.38. The first-order chi connectivity index (χ1) is 5.31. The van der Waals surface area contributed by atoms with Gasteiger partial charge in [-0.05, 0) is 19.3 Å². The van der Waals surface area contributed by atoms with E-state index < -0.39 is 0 Å². The van der Waals surface area contributed by atoms with E-state index in [9.17, 15) is 0 Å². The molecule has 1 saturated carbocycles. The topological polar surface area (TPSA) is 35.2 Å². The first kappa shape index (κ1) is 10.3. The molecule has 1 heterocycles. The lowest BCUT2D eigenvalue weighted by molar-refractivity contribution is -0.0244. The average Bonchev–Trinajstić information content (AvgIpc) is 2.34. The molecule has 0 amide bonds. The van der Waals surface area contributed by atoms with Crippen molar-refractivity contribution in [1.29, 1.82) is 0 Å². The highest BCUT2D eigenvalue weighted by molar-refractivity contribution is 5.85. The third kappa shape index (κ3) is 1.93. The van der Waals surface area contributed by atoms with Crippen molar-refractivity contribution in [1.82, 2.24) is 0 Å². The predicted octanol–water partition coefficient (Wildman–Crippen LogP) is 1.86. The van der Waals surface area contributed by atoms with Gasteiger partial charge in [0.25, 0.3) is 0 Å². The molecule has 1 spiro atoms. The lowest BCUT2D eigenvalue weighted by Crippen LogP contribution is -2.31. The van der Waals surface area contributed by atoms with Crippen molar-refractivity contribution < 1.29 is 4.74 Å². The summed E-state index contributed by atoms with van der Waals surface area (Å²) in [6, 6.07) is 0.313. The van der Waals surface area contributed by atoms with Crippen LogP contribution in [0.4, 0.5) is 0 Å². The van der Waals surface area contributed by atoms with Crippen LogP contribution in [-0.4, -0.2) is 18.2 Å². The number of hydrogen-bond acceptors (Lipinski definition) is 2. The van der Waals surface area contributed by atoms with Gasteiger partial charge in [-0.2, -0.15) is 0 Å². The van der Waals surface area contributed by atoms with Crippen LogP contribution in [0.15, 0.2) is 0 Å². The van der Waals surface area contributed by atoms with Crippen LogP contribution in [0, 0.1) is 0 Å². The molecule has 2 aliphatic rings. The van der Waals surface area contributed by atoms with Gasteiger partial charge in [-0.1, -0.05) is 19.3 Å². The third-order valence-electron chi connectivity index (χ3n) is 3.00. The van der Waals surface area contributed by atoms with E-state index in [0.29, 0.717) is 6.04 Å². The van der Waals surface area contributed by atoms with Crippen molar-refractivity contribution >= 4 is 12.4 Å². The van der Waals surface area contributed by atoms with E-state index in [-0.39, 0.29) is 18.0 Å². The Morgan fingerprint density at radius 3 is 2.33 bits per heavy atom. The predicted molar refractivity (Wildman–Crippen MR) is 51.6 cm³/mol. The van der Waals surface area contributed by atoms with E-state index in [1.807, 2.05) is 0 Å². The van der Waals surface area contributed by atoms with E-state index in [4.69, 9.17) is 10.5 Å². The number of halogens is 1. The molecule has 12 heavy (non-hydrogen) atoms. The summed E-state index contributed by atoms with van der Waals surface area (Å²) in [6.45, 7) is 0.792. The standard InChI is InChI=1S/C9H17NO.ClH/c10-8-6-9(11-7-8)4-2-1-3-5-9;/h8H,1-7,10H2;1H. The van der Waals surface area contributed by atoms with E-state index in [0.717, 1.165) is 13.0 Å². The minimum atomic E-state index is 0. The van der Waals surface area contributed by atoms with Gasteiger partial charge in [0.1, 0.15) is 0 Å². The molecule has 2 fully saturated rings. The highest BCUT2D eigenvalue weighted by Gasteiger charge is 2.39. The first-order valence-corrected chi connectivity index (χ1v) is 4.70. The summed E-state index contributed by atoms with van der Waals surface area (Å²) in [5, 5.41) is 0. The van der Waals surface area contributed by atoms with Crippen molar-refractivity contribution in [2.24, 2.45) is 5.73 Å². The largest absolute Gasteiger partial charge is 0.373 e. The minimum Gasteiger partial charge on any atom is -0.373 e. The smallest absolute Gasteiger partial charge is 0.0699 e. The quantitative estimate of drug-likeness (QED) is 0.635. The average molecular weight is 192 g/mol. The molecule has 0 bridgehead atoms. The Morgan fingerprint density at radius 1 is 1.17 bits per heavy atom. The Labute approximate surface area is 80.3 Å². The van der Waals surface area contributed by atoms with Crippen molar-refractivity contribution in [2.45, 2.75) is 50.2 Å². The molecule has 1 saturated heterocycles. The maximum Gasteiger partial charge on any atom is 0.0699 e. The first-order valence-electron chi connectivity index (χ1n) is 4.70. The molecule has 2 rings (SSSR count). The molecule has 2 nitrogen and oxygen atoms in total. The molecule has 0 radical (unpaired) electrons. The van der Waals surface area contributed by atoms with Gasteiger partial charge in [0.15, 0.2) is 0 Å². The number of hydrogen-bond donors (Lipinski definition) is 1. The molecule has 1 unspecified atom stereocenters. The fourth-order valence-electron chi connectivity index (χ4n) is 2.42. The van der Waals surface area contributed by atoms with E-state index in [1.165, 1.54) is 32.1 Å². The number of rotatable bonds is 0. The van der Waals surface area contributed by atoms with Gasteiger partial charge in [0, 0.05) is 6.04 Å². The monoisotopic (exact) mass is 191 g/mol.